The lowest BCUT2D eigenvalue weighted by Gasteiger charge is -2.33. The molecule has 6 heteroatoms. The number of aromatic nitrogens is 1. The maximum absolute atomic E-state index is 12.2. The summed E-state index contributed by atoms with van der Waals surface area (Å²) >= 11 is 1.59. The topological polar surface area (TPSA) is 64.4 Å². The second kappa shape index (κ2) is 7.13. The fraction of sp³-hybridized carbons (Fsp3) is 0.714. The van der Waals surface area contributed by atoms with Crippen molar-refractivity contribution in [2.24, 2.45) is 5.92 Å². The maximum atomic E-state index is 12.2. The Morgan fingerprint density at radius 3 is 3.20 bits per heavy atom. The molecule has 1 aliphatic rings. The van der Waals surface area contributed by atoms with Crippen molar-refractivity contribution in [2.45, 2.75) is 43.4 Å². The Morgan fingerprint density at radius 2 is 2.55 bits per heavy atom. The van der Waals surface area contributed by atoms with Gasteiger partial charge in [-0.25, -0.2) is 4.98 Å². The van der Waals surface area contributed by atoms with E-state index < -0.39 is 5.54 Å². The average Bonchev–Trinajstić information content (AvgIpc) is 3.09. The minimum Gasteiger partial charge on any atom is -0.468 e. The Balaban J connectivity index is 1.95. The van der Waals surface area contributed by atoms with Gasteiger partial charge in [-0.05, 0) is 31.7 Å². The van der Waals surface area contributed by atoms with Crippen molar-refractivity contribution >= 4 is 17.7 Å². The minimum absolute atomic E-state index is 0.122. The monoisotopic (exact) mass is 298 g/mol. The number of likely N-dealkylation sites (N-methyl/N-ethyl adjacent to an activating group) is 1. The zero-order valence-electron chi connectivity index (χ0n) is 12.1. The number of methoxy groups -OCH3 is 1. The largest absolute Gasteiger partial charge is 0.468 e. The molecule has 0 bridgehead atoms. The van der Waals surface area contributed by atoms with Gasteiger partial charge in [-0.1, -0.05) is 25.1 Å². The molecule has 1 fully saturated rings. The van der Waals surface area contributed by atoms with Crippen LogP contribution >= 0.6 is 11.8 Å². The predicted molar refractivity (Wildman–Crippen MR) is 77.6 cm³/mol. The van der Waals surface area contributed by atoms with E-state index in [1.54, 1.807) is 24.2 Å². The van der Waals surface area contributed by atoms with Crippen LogP contribution in [-0.4, -0.2) is 35.9 Å². The van der Waals surface area contributed by atoms with Crippen molar-refractivity contribution < 1.29 is 13.9 Å². The van der Waals surface area contributed by atoms with E-state index >= 15 is 0 Å². The van der Waals surface area contributed by atoms with Crippen LogP contribution in [0, 0.1) is 5.92 Å². The highest BCUT2D eigenvalue weighted by Gasteiger charge is 2.48. The third-order valence-corrected chi connectivity index (χ3v) is 4.85. The molecule has 2 atom stereocenters. The number of oxazole rings is 1. The third-order valence-electron chi connectivity index (χ3n) is 3.96. The fourth-order valence-corrected chi connectivity index (χ4v) is 3.95. The smallest absolute Gasteiger partial charge is 0.326 e. The number of hydrogen-bond donors (Lipinski definition) is 1. The molecule has 1 N–H and O–H groups in total. The van der Waals surface area contributed by atoms with Gasteiger partial charge in [-0.3, -0.25) is 4.79 Å². The molecule has 20 heavy (non-hydrogen) atoms. The summed E-state index contributed by atoms with van der Waals surface area (Å²) in [5, 5.41) is 4.07. The van der Waals surface area contributed by atoms with Gasteiger partial charge in [0, 0.05) is 5.75 Å². The van der Waals surface area contributed by atoms with E-state index in [1.807, 2.05) is 6.92 Å². The summed E-state index contributed by atoms with van der Waals surface area (Å²) in [4.78, 5) is 16.3. The molecule has 0 aromatic carbocycles. The van der Waals surface area contributed by atoms with Gasteiger partial charge in [-0.15, -0.1) is 0 Å². The molecular formula is C14H22N2O3S. The molecule has 1 heterocycles. The van der Waals surface area contributed by atoms with Crippen molar-refractivity contribution in [1.29, 1.82) is 0 Å². The number of thioether (sulfide) groups is 1. The average molecular weight is 298 g/mol. The van der Waals surface area contributed by atoms with E-state index in [0.717, 1.165) is 38.0 Å². The highest BCUT2D eigenvalue weighted by atomic mass is 32.2. The first-order chi connectivity index (χ1) is 9.73. The van der Waals surface area contributed by atoms with E-state index in [-0.39, 0.29) is 5.97 Å². The van der Waals surface area contributed by atoms with Crippen LogP contribution in [0.5, 0.6) is 0 Å². The lowest BCUT2D eigenvalue weighted by Crippen LogP contribution is -2.55. The molecule has 112 valence electrons. The number of nitrogens with zero attached hydrogens (tertiary/aromatic N) is 1. The van der Waals surface area contributed by atoms with Gasteiger partial charge >= 0.3 is 5.97 Å². The Kier molecular flexibility index (Phi) is 5.48. The van der Waals surface area contributed by atoms with Crippen LogP contribution in [0.25, 0.3) is 0 Å². The zero-order chi connectivity index (χ0) is 14.4. The summed E-state index contributed by atoms with van der Waals surface area (Å²) in [6.07, 6.45) is 7.17. The van der Waals surface area contributed by atoms with Gasteiger partial charge in [-0.2, -0.15) is 0 Å². The number of ether oxygens (including phenoxy) is 1. The van der Waals surface area contributed by atoms with Gasteiger partial charge in [0.05, 0.1) is 13.3 Å². The van der Waals surface area contributed by atoms with E-state index in [9.17, 15) is 4.79 Å². The molecule has 2 rings (SSSR count). The maximum Gasteiger partial charge on any atom is 0.326 e. The highest BCUT2D eigenvalue weighted by molar-refractivity contribution is 7.99. The van der Waals surface area contributed by atoms with E-state index in [2.05, 4.69) is 10.3 Å². The summed E-state index contributed by atoms with van der Waals surface area (Å²) in [7, 11) is 1.47. The molecule has 1 aromatic rings. The van der Waals surface area contributed by atoms with Crippen LogP contribution in [0.3, 0.4) is 0 Å². The SMILES string of the molecule is CCNC1(C(=O)OC)CCCC1CCSc1ncco1. The molecule has 1 aromatic heterocycles. The molecule has 0 spiro atoms. The van der Waals surface area contributed by atoms with Gasteiger partial charge in [0.25, 0.3) is 5.22 Å². The van der Waals surface area contributed by atoms with Crippen LogP contribution < -0.4 is 5.32 Å². The first-order valence-electron chi connectivity index (χ1n) is 7.08. The lowest BCUT2D eigenvalue weighted by atomic mass is 9.85. The molecular weight excluding hydrogens is 276 g/mol. The molecule has 0 aliphatic heterocycles. The van der Waals surface area contributed by atoms with Crippen molar-refractivity contribution in [2.75, 3.05) is 19.4 Å². The van der Waals surface area contributed by atoms with Gasteiger partial charge in [0.2, 0.25) is 0 Å². The quantitative estimate of drug-likeness (QED) is 0.616. The van der Waals surface area contributed by atoms with Crippen LogP contribution in [-0.2, 0) is 9.53 Å². The summed E-state index contributed by atoms with van der Waals surface area (Å²) < 4.78 is 10.2. The number of carbonyl (C=O) groups is 1. The summed E-state index contributed by atoms with van der Waals surface area (Å²) in [5.41, 5.74) is -0.499. The van der Waals surface area contributed by atoms with Gasteiger partial charge < -0.3 is 14.5 Å². The third kappa shape index (κ3) is 3.17. The number of esters is 1. The Hall–Kier alpha value is -1.01. The van der Waals surface area contributed by atoms with Gasteiger partial charge in [0.1, 0.15) is 11.8 Å². The van der Waals surface area contributed by atoms with E-state index in [1.165, 1.54) is 7.11 Å². The van der Waals surface area contributed by atoms with Crippen LogP contribution in [0.2, 0.25) is 0 Å². The van der Waals surface area contributed by atoms with Gasteiger partial charge in [0.15, 0.2) is 0 Å². The Labute approximate surface area is 123 Å². The molecule has 1 saturated carbocycles. The van der Waals surface area contributed by atoms with Crippen molar-refractivity contribution in [1.82, 2.24) is 10.3 Å². The molecule has 5 nitrogen and oxygen atoms in total. The molecule has 0 saturated heterocycles. The second-order valence-corrected chi connectivity index (χ2v) is 6.06. The first-order valence-corrected chi connectivity index (χ1v) is 8.07. The minimum atomic E-state index is -0.499. The Morgan fingerprint density at radius 1 is 1.70 bits per heavy atom. The fourth-order valence-electron chi connectivity index (χ4n) is 3.11. The molecule has 1 aliphatic carbocycles. The Bertz CT molecular complexity index is 424. The van der Waals surface area contributed by atoms with E-state index in [0.29, 0.717) is 11.1 Å². The predicted octanol–water partition coefficient (Wildman–Crippen LogP) is 2.48. The first kappa shape index (κ1) is 15.4. The number of nitrogens with one attached hydrogen (secondary N) is 1. The number of hydrogen-bond acceptors (Lipinski definition) is 6. The van der Waals surface area contributed by atoms with Crippen LogP contribution in [0.1, 0.15) is 32.6 Å². The molecule has 2 unspecified atom stereocenters. The highest BCUT2D eigenvalue weighted by Crippen LogP contribution is 2.39. The van der Waals surface area contributed by atoms with E-state index in [4.69, 9.17) is 9.15 Å². The second-order valence-electron chi connectivity index (χ2n) is 5.02. The van der Waals surface area contributed by atoms with Crippen molar-refractivity contribution in [3.05, 3.63) is 12.5 Å². The summed E-state index contributed by atoms with van der Waals surface area (Å²) in [5.74, 6) is 1.09. The number of carbonyl (C=O) groups excluding carboxylic acids is 1. The summed E-state index contributed by atoms with van der Waals surface area (Å²) in [6, 6.07) is 0. The lowest BCUT2D eigenvalue weighted by molar-refractivity contribution is -0.150. The number of rotatable bonds is 7. The normalized spacial score (nSPS) is 25.8. The van der Waals surface area contributed by atoms with Crippen molar-refractivity contribution in [3.63, 3.8) is 0 Å². The molecule has 0 amide bonds. The zero-order valence-corrected chi connectivity index (χ0v) is 12.9. The standard InChI is InChI=1S/C14H22N2O3S/c1-3-16-14(12(17)18-2)7-4-5-11(14)6-10-20-13-15-8-9-19-13/h8-9,11,16H,3-7,10H2,1-2H3. The molecule has 0 radical (unpaired) electrons. The van der Waals surface area contributed by atoms with Crippen LogP contribution in [0.15, 0.2) is 22.1 Å². The summed E-state index contributed by atoms with van der Waals surface area (Å²) in [6.45, 7) is 2.81. The van der Waals surface area contributed by atoms with Crippen molar-refractivity contribution in [3.8, 4) is 0 Å². The van der Waals surface area contributed by atoms with Crippen LogP contribution in [0.4, 0.5) is 0 Å².